The molecule has 94 valence electrons. The normalized spacial score (nSPS) is 10.2. The number of nitrogens with zero attached hydrogens (tertiary/aromatic N) is 1. The molecule has 0 aliphatic heterocycles. The van der Waals surface area contributed by atoms with Crippen molar-refractivity contribution < 1.29 is 0 Å². The van der Waals surface area contributed by atoms with Crippen LogP contribution in [0.3, 0.4) is 0 Å². The summed E-state index contributed by atoms with van der Waals surface area (Å²) in [5.74, 6) is 0. The SMILES string of the molecule is Cc1c(N)cccc1Nc1cccc(N(C)C)c1. The van der Waals surface area contributed by atoms with Crippen LogP contribution in [-0.2, 0) is 0 Å². The smallest absolute Gasteiger partial charge is 0.0434 e. The number of rotatable bonds is 3. The van der Waals surface area contributed by atoms with Crippen LogP contribution >= 0.6 is 0 Å². The number of hydrogen-bond donors (Lipinski definition) is 2. The number of nitrogens with one attached hydrogen (secondary N) is 1. The Kier molecular flexibility index (Phi) is 3.42. The predicted molar refractivity (Wildman–Crippen MR) is 79.6 cm³/mol. The van der Waals surface area contributed by atoms with Crippen LogP contribution in [0.5, 0.6) is 0 Å². The zero-order valence-corrected chi connectivity index (χ0v) is 11.1. The summed E-state index contributed by atoms with van der Waals surface area (Å²) in [6.07, 6.45) is 0. The number of benzene rings is 2. The largest absolute Gasteiger partial charge is 0.398 e. The highest BCUT2D eigenvalue weighted by Gasteiger charge is 2.02. The van der Waals surface area contributed by atoms with Crippen LogP contribution in [0.25, 0.3) is 0 Å². The third-order valence-electron chi connectivity index (χ3n) is 3.02. The minimum absolute atomic E-state index is 0.809. The molecule has 0 amide bonds. The van der Waals surface area contributed by atoms with E-state index in [4.69, 9.17) is 5.73 Å². The van der Waals surface area contributed by atoms with Crippen molar-refractivity contribution in [1.29, 1.82) is 0 Å². The van der Waals surface area contributed by atoms with Gasteiger partial charge < -0.3 is 16.0 Å². The van der Waals surface area contributed by atoms with E-state index in [0.717, 1.165) is 22.6 Å². The van der Waals surface area contributed by atoms with E-state index in [9.17, 15) is 0 Å². The second kappa shape index (κ2) is 5.00. The molecule has 2 aromatic rings. The second-order valence-corrected chi connectivity index (χ2v) is 4.59. The number of nitrogens with two attached hydrogens (primary N) is 1. The van der Waals surface area contributed by atoms with E-state index in [0.29, 0.717) is 0 Å². The van der Waals surface area contributed by atoms with Crippen LogP contribution in [0.2, 0.25) is 0 Å². The van der Waals surface area contributed by atoms with Crippen molar-refractivity contribution in [2.24, 2.45) is 0 Å². The Morgan fingerprint density at radius 2 is 1.78 bits per heavy atom. The van der Waals surface area contributed by atoms with Crippen molar-refractivity contribution in [2.45, 2.75) is 6.92 Å². The van der Waals surface area contributed by atoms with Gasteiger partial charge in [0.1, 0.15) is 0 Å². The number of nitrogen functional groups attached to an aromatic ring is 1. The summed E-state index contributed by atoms with van der Waals surface area (Å²) in [7, 11) is 4.07. The summed E-state index contributed by atoms with van der Waals surface area (Å²) in [4.78, 5) is 2.08. The van der Waals surface area contributed by atoms with E-state index >= 15 is 0 Å². The molecule has 3 nitrogen and oxygen atoms in total. The first kappa shape index (κ1) is 12.3. The summed E-state index contributed by atoms with van der Waals surface area (Å²) in [6, 6.07) is 14.2. The van der Waals surface area contributed by atoms with Crippen molar-refractivity contribution >= 4 is 22.7 Å². The third kappa shape index (κ3) is 2.56. The fourth-order valence-corrected chi connectivity index (χ4v) is 1.81. The average molecular weight is 241 g/mol. The lowest BCUT2D eigenvalue weighted by atomic mass is 10.1. The molecule has 0 bridgehead atoms. The van der Waals surface area contributed by atoms with Crippen LogP contribution in [0.15, 0.2) is 42.5 Å². The van der Waals surface area contributed by atoms with E-state index in [1.54, 1.807) is 0 Å². The van der Waals surface area contributed by atoms with Gasteiger partial charge in [-0.1, -0.05) is 12.1 Å². The van der Waals surface area contributed by atoms with Crippen LogP contribution < -0.4 is 16.0 Å². The lowest BCUT2D eigenvalue weighted by molar-refractivity contribution is 1.13. The fourth-order valence-electron chi connectivity index (χ4n) is 1.81. The monoisotopic (exact) mass is 241 g/mol. The highest BCUT2D eigenvalue weighted by molar-refractivity contribution is 5.71. The Hall–Kier alpha value is -2.16. The lowest BCUT2D eigenvalue weighted by Gasteiger charge is -2.15. The molecule has 3 heteroatoms. The predicted octanol–water partition coefficient (Wildman–Crippen LogP) is 3.39. The number of anilines is 4. The Morgan fingerprint density at radius 3 is 2.50 bits per heavy atom. The molecule has 18 heavy (non-hydrogen) atoms. The average Bonchev–Trinajstić information content (AvgIpc) is 2.35. The van der Waals surface area contributed by atoms with Crippen molar-refractivity contribution in [2.75, 3.05) is 30.0 Å². The first-order valence-electron chi connectivity index (χ1n) is 5.97. The zero-order chi connectivity index (χ0) is 13.1. The third-order valence-corrected chi connectivity index (χ3v) is 3.02. The summed E-state index contributed by atoms with van der Waals surface area (Å²) in [5.41, 5.74) is 11.1. The van der Waals surface area contributed by atoms with E-state index in [-0.39, 0.29) is 0 Å². The molecule has 0 saturated heterocycles. The highest BCUT2D eigenvalue weighted by atomic mass is 15.1. The Labute approximate surface area is 108 Å². The van der Waals surface area contributed by atoms with Gasteiger partial charge in [-0.05, 0) is 42.8 Å². The molecule has 0 atom stereocenters. The topological polar surface area (TPSA) is 41.3 Å². The summed E-state index contributed by atoms with van der Waals surface area (Å²) in [6.45, 7) is 2.02. The van der Waals surface area contributed by atoms with Crippen LogP contribution in [0.4, 0.5) is 22.7 Å². The fraction of sp³-hybridized carbons (Fsp3) is 0.200. The maximum absolute atomic E-state index is 5.90. The highest BCUT2D eigenvalue weighted by Crippen LogP contribution is 2.26. The molecule has 0 saturated carbocycles. The maximum Gasteiger partial charge on any atom is 0.0434 e. The van der Waals surface area contributed by atoms with Gasteiger partial charge >= 0.3 is 0 Å². The van der Waals surface area contributed by atoms with Crippen LogP contribution in [0, 0.1) is 6.92 Å². The first-order valence-corrected chi connectivity index (χ1v) is 5.97. The van der Waals surface area contributed by atoms with Gasteiger partial charge in [0, 0.05) is 36.8 Å². The molecule has 0 aliphatic rings. The van der Waals surface area contributed by atoms with Crippen LogP contribution in [-0.4, -0.2) is 14.1 Å². The minimum atomic E-state index is 0.809. The van der Waals surface area contributed by atoms with Gasteiger partial charge in [0.2, 0.25) is 0 Å². The molecule has 2 rings (SSSR count). The molecule has 0 aliphatic carbocycles. The van der Waals surface area contributed by atoms with E-state index in [2.05, 4.69) is 28.4 Å². The Balaban J connectivity index is 2.28. The van der Waals surface area contributed by atoms with Gasteiger partial charge in [0.25, 0.3) is 0 Å². The first-order chi connectivity index (χ1) is 8.58. The van der Waals surface area contributed by atoms with Gasteiger partial charge in [0.05, 0.1) is 0 Å². The molecular weight excluding hydrogens is 222 g/mol. The lowest BCUT2D eigenvalue weighted by Crippen LogP contribution is -2.08. The maximum atomic E-state index is 5.90. The molecule has 0 fully saturated rings. The molecule has 3 N–H and O–H groups in total. The van der Waals surface area contributed by atoms with Gasteiger partial charge in [-0.2, -0.15) is 0 Å². The molecule has 0 radical (unpaired) electrons. The van der Waals surface area contributed by atoms with Crippen molar-refractivity contribution in [3.05, 3.63) is 48.0 Å². The van der Waals surface area contributed by atoms with Crippen molar-refractivity contribution in [3.63, 3.8) is 0 Å². The second-order valence-electron chi connectivity index (χ2n) is 4.59. The van der Waals surface area contributed by atoms with E-state index in [1.165, 1.54) is 5.69 Å². The standard InChI is InChI=1S/C15H19N3/c1-11-14(16)8-5-9-15(11)17-12-6-4-7-13(10-12)18(2)3/h4-10,17H,16H2,1-3H3. The quantitative estimate of drug-likeness (QED) is 0.809. The zero-order valence-electron chi connectivity index (χ0n) is 11.1. The molecule has 2 aromatic carbocycles. The molecular formula is C15H19N3. The van der Waals surface area contributed by atoms with Gasteiger partial charge in [-0.15, -0.1) is 0 Å². The molecule has 0 aromatic heterocycles. The molecule has 0 unspecified atom stereocenters. The van der Waals surface area contributed by atoms with Gasteiger partial charge in [-0.25, -0.2) is 0 Å². The van der Waals surface area contributed by atoms with Gasteiger partial charge in [-0.3, -0.25) is 0 Å². The Bertz CT molecular complexity index is 547. The summed E-state index contributed by atoms with van der Waals surface area (Å²) < 4.78 is 0. The molecule has 0 heterocycles. The molecule has 0 spiro atoms. The van der Waals surface area contributed by atoms with E-state index < -0.39 is 0 Å². The van der Waals surface area contributed by atoms with Gasteiger partial charge in [0.15, 0.2) is 0 Å². The van der Waals surface area contributed by atoms with Crippen molar-refractivity contribution in [3.8, 4) is 0 Å². The number of hydrogen-bond acceptors (Lipinski definition) is 3. The summed E-state index contributed by atoms with van der Waals surface area (Å²) in [5, 5.41) is 3.40. The van der Waals surface area contributed by atoms with E-state index in [1.807, 2.05) is 45.3 Å². The van der Waals surface area contributed by atoms with Crippen molar-refractivity contribution in [1.82, 2.24) is 0 Å². The Morgan fingerprint density at radius 1 is 1.06 bits per heavy atom. The summed E-state index contributed by atoms with van der Waals surface area (Å²) >= 11 is 0. The minimum Gasteiger partial charge on any atom is -0.398 e. The van der Waals surface area contributed by atoms with Crippen LogP contribution in [0.1, 0.15) is 5.56 Å².